The number of aromatic nitrogens is 1. The Morgan fingerprint density at radius 1 is 1.24 bits per heavy atom. The summed E-state index contributed by atoms with van der Waals surface area (Å²) in [7, 11) is 0. The van der Waals surface area contributed by atoms with Crippen molar-refractivity contribution < 1.29 is 13.2 Å². The Balaban J connectivity index is 1.71. The van der Waals surface area contributed by atoms with Crippen LogP contribution < -0.4 is 0 Å². The van der Waals surface area contributed by atoms with E-state index >= 15 is 0 Å². The lowest BCUT2D eigenvalue weighted by Crippen LogP contribution is -2.39. The summed E-state index contributed by atoms with van der Waals surface area (Å²) in [6.45, 7) is 0.798. The van der Waals surface area contributed by atoms with Gasteiger partial charge in [0.05, 0.1) is 6.54 Å². The Labute approximate surface area is 98.0 Å². The van der Waals surface area contributed by atoms with Gasteiger partial charge in [0, 0.05) is 31.5 Å². The quantitative estimate of drug-likeness (QED) is 0.776. The first-order valence-electron chi connectivity index (χ1n) is 5.99. The number of nitrogens with zero attached hydrogens (tertiary/aromatic N) is 2. The van der Waals surface area contributed by atoms with Crippen molar-refractivity contribution in [3.05, 3.63) is 23.5 Å². The lowest BCUT2D eigenvalue weighted by molar-refractivity contribution is -0.148. The maximum absolute atomic E-state index is 12.3. The molecule has 1 aromatic heterocycles. The van der Waals surface area contributed by atoms with E-state index in [1.165, 1.54) is 23.3 Å². The van der Waals surface area contributed by atoms with Crippen LogP contribution in [0.15, 0.2) is 12.3 Å². The molecule has 5 heteroatoms. The fourth-order valence-electron chi connectivity index (χ4n) is 2.51. The third kappa shape index (κ3) is 2.49. The summed E-state index contributed by atoms with van der Waals surface area (Å²) in [5.74, 6) is 0.671. The number of halogens is 3. The highest BCUT2D eigenvalue weighted by molar-refractivity contribution is 5.27. The van der Waals surface area contributed by atoms with Crippen molar-refractivity contribution in [2.45, 2.75) is 38.0 Å². The molecule has 1 fully saturated rings. The van der Waals surface area contributed by atoms with E-state index < -0.39 is 12.7 Å². The Bertz CT molecular complexity index is 418. The van der Waals surface area contributed by atoms with Crippen LogP contribution >= 0.6 is 0 Å². The highest BCUT2D eigenvalue weighted by Gasteiger charge is 2.33. The Morgan fingerprint density at radius 2 is 2.00 bits per heavy atom. The monoisotopic (exact) mass is 244 g/mol. The zero-order valence-electron chi connectivity index (χ0n) is 9.50. The third-order valence-electron chi connectivity index (χ3n) is 3.50. The van der Waals surface area contributed by atoms with Gasteiger partial charge in [0.1, 0.15) is 0 Å². The van der Waals surface area contributed by atoms with E-state index in [4.69, 9.17) is 0 Å². The van der Waals surface area contributed by atoms with Crippen molar-refractivity contribution in [1.82, 2.24) is 9.47 Å². The minimum atomic E-state index is -4.09. The summed E-state index contributed by atoms with van der Waals surface area (Å²) < 4.78 is 39.0. The van der Waals surface area contributed by atoms with Crippen molar-refractivity contribution in [3.8, 4) is 0 Å². The summed E-state index contributed by atoms with van der Waals surface area (Å²) in [4.78, 5) is 1.48. The zero-order valence-corrected chi connectivity index (χ0v) is 9.50. The summed E-state index contributed by atoms with van der Waals surface area (Å²) in [5.41, 5.74) is 2.34. The van der Waals surface area contributed by atoms with Crippen LogP contribution in [0.2, 0.25) is 0 Å². The molecule has 94 valence electrons. The number of hydrogen-bond acceptors (Lipinski definition) is 1. The molecule has 0 aromatic carbocycles. The van der Waals surface area contributed by atoms with Gasteiger partial charge in [-0.3, -0.25) is 4.90 Å². The summed E-state index contributed by atoms with van der Waals surface area (Å²) in [5, 5.41) is 0. The molecule has 0 N–H and O–H groups in total. The molecule has 0 amide bonds. The van der Waals surface area contributed by atoms with Gasteiger partial charge in [0.15, 0.2) is 0 Å². The summed E-state index contributed by atoms with van der Waals surface area (Å²) >= 11 is 0. The van der Waals surface area contributed by atoms with E-state index in [1.54, 1.807) is 0 Å². The lowest BCUT2D eigenvalue weighted by Gasteiger charge is -2.28. The van der Waals surface area contributed by atoms with Crippen molar-refractivity contribution in [3.63, 3.8) is 0 Å². The molecule has 3 rings (SSSR count). The second-order valence-electron chi connectivity index (χ2n) is 5.06. The van der Waals surface area contributed by atoms with Gasteiger partial charge in [-0.05, 0) is 30.4 Å². The molecule has 0 unspecified atom stereocenters. The summed E-state index contributed by atoms with van der Waals surface area (Å²) in [6.07, 6.45) is 0.497. The molecular weight excluding hydrogens is 229 g/mol. The van der Waals surface area contributed by atoms with Gasteiger partial charge >= 0.3 is 6.18 Å². The van der Waals surface area contributed by atoms with E-state index in [2.05, 4.69) is 16.8 Å². The normalized spacial score (nSPS) is 21.6. The molecule has 17 heavy (non-hydrogen) atoms. The highest BCUT2D eigenvalue weighted by Crippen LogP contribution is 2.41. The van der Waals surface area contributed by atoms with Gasteiger partial charge in [-0.2, -0.15) is 13.2 Å². The van der Waals surface area contributed by atoms with Gasteiger partial charge in [0.25, 0.3) is 0 Å². The minimum Gasteiger partial charge on any atom is -0.349 e. The van der Waals surface area contributed by atoms with E-state index in [9.17, 15) is 13.2 Å². The second-order valence-corrected chi connectivity index (χ2v) is 5.06. The molecule has 0 spiro atoms. The van der Waals surface area contributed by atoms with Crippen LogP contribution in [0.1, 0.15) is 30.0 Å². The minimum absolute atomic E-state index is 0.423. The fourth-order valence-corrected chi connectivity index (χ4v) is 2.51. The second kappa shape index (κ2) is 3.77. The number of fused-ring (bicyclic) bond motifs is 1. The van der Waals surface area contributed by atoms with Crippen molar-refractivity contribution >= 4 is 0 Å². The molecule has 1 aliphatic carbocycles. The van der Waals surface area contributed by atoms with Gasteiger partial charge in [0.2, 0.25) is 0 Å². The van der Waals surface area contributed by atoms with Crippen molar-refractivity contribution in [2.24, 2.45) is 0 Å². The lowest BCUT2D eigenvalue weighted by atomic mass is 10.2. The number of hydrogen-bond donors (Lipinski definition) is 0. The highest BCUT2D eigenvalue weighted by atomic mass is 19.4. The molecule has 0 bridgehead atoms. The average Bonchev–Trinajstić information content (AvgIpc) is 2.96. The van der Waals surface area contributed by atoms with Gasteiger partial charge in [-0.15, -0.1) is 0 Å². The maximum atomic E-state index is 12.3. The first-order chi connectivity index (χ1) is 8.01. The molecule has 1 aromatic rings. The van der Waals surface area contributed by atoms with Crippen LogP contribution in [0.4, 0.5) is 13.2 Å². The average molecular weight is 244 g/mol. The molecule has 2 aliphatic rings. The Morgan fingerprint density at radius 3 is 2.65 bits per heavy atom. The smallest absolute Gasteiger partial charge is 0.349 e. The fraction of sp³-hybridized carbons (Fsp3) is 0.667. The van der Waals surface area contributed by atoms with Gasteiger partial charge in [-0.1, -0.05) is 0 Å². The molecule has 0 atom stereocenters. The van der Waals surface area contributed by atoms with Gasteiger partial charge in [-0.25, -0.2) is 0 Å². The molecule has 1 saturated carbocycles. The van der Waals surface area contributed by atoms with Crippen LogP contribution in [0, 0.1) is 0 Å². The molecule has 0 saturated heterocycles. The van der Waals surface area contributed by atoms with E-state index in [1.807, 2.05) is 0 Å². The molecular formula is C12H15F3N2. The Kier molecular flexibility index (Phi) is 2.47. The van der Waals surface area contributed by atoms with Gasteiger partial charge < -0.3 is 4.57 Å². The number of alkyl halides is 3. The SMILES string of the molecule is FC(F)(F)CN1CCn2cc(C3CC3)cc2C1. The largest absolute Gasteiger partial charge is 0.401 e. The van der Waals surface area contributed by atoms with E-state index in [0.29, 0.717) is 25.6 Å². The first-order valence-corrected chi connectivity index (χ1v) is 5.99. The first kappa shape index (κ1) is 11.1. The van der Waals surface area contributed by atoms with Crippen molar-refractivity contribution in [1.29, 1.82) is 0 Å². The van der Waals surface area contributed by atoms with E-state index in [-0.39, 0.29) is 0 Å². The molecule has 1 aliphatic heterocycles. The number of rotatable bonds is 2. The third-order valence-corrected chi connectivity index (χ3v) is 3.50. The predicted octanol–water partition coefficient (Wildman–Crippen LogP) is 2.74. The van der Waals surface area contributed by atoms with Crippen LogP contribution in [0.5, 0.6) is 0 Å². The topological polar surface area (TPSA) is 8.17 Å². The maximum Gasteiger partial charge on any atom is 0.401 e. The van der Waals surface area contributed by atoms with Crippen LogP contribution in [0.3, 0.4) is 0 Å². The molecule has 2 nitrogen and oxygen atoms in total. The van der Waals surface area contributed by atoms with E-state index in [0.717, 1.165) is 5.69 Å². The van der Waals surface area contributed by atoms with Crippen LogP contribution in [-0.4, -0.2) is 28.7 Å². The van der Waals surface area contributed by atoms with Crippen LogP contribution in [0.25, 0.3) is 0 Å². The molecule has 2 heterocycles. The summed E-state index contributed by atoms with van der Waals surface area (Å²) in [6, 6.07) is 2.08. The standard InChI is InChI=1S/C12H15F3N2/c13-12(14,15)8-16-3-4-17-6-10(9-1-2-9)5-11(17)7-16/h5-6,9H,1-4,7-8H2. The zero-order chi connectivity index (χ0) is 12.0. The van der Waals surface area contributed by atoms with Crippen molar-refractivity contribution in [2.75, 3.05) is 13.1 Å². The molecule has 0 radical (unpaired) electrons. The predicted molar refractivity (Wildman–Crippen MR) is 57.7 cm³/mol. The Hall–Kier alpha value is -0.970. The van der Waals surface area contributed by atoms with Crippen LogP contribution in [-0.2, 0) is 13.1 Å².